The Bertz CT molecular complexity index is 422. The fourth-order valence-electron chi connectivity index (χ4n) is 1.33. The van der Waals surface area contributed by atoms with Crippen molar-refractivity contribution in [3.8, 4) is 5.75 Å². The highest BCUT2D eigenvalue weighted by atomic mass is 32.2. The number of methoxy groups -OCH3 is 1. The highest BCUT2D eigenvalue weighted by Crippen LogP contribution is 2.27. The molecule has 0 unspecified atom stereocenters. The molecule has 0 aliphatic rings. The summed E-state index contributed by atoms with van der Waals surface area (Å²) in [5.74, 6) is 0.845. The Morgan fingerprint density at radius 3 is 2.47 bits per heavy atom. The molecule has 17 heavy (non-hydrogen) atoms. The van der Waals surface area contributed by atoms with Crippen LogP contribution >= 0.6 is 11.8 Å². The van der Waals surface area contributed by atoms with Gasteiger partial charge in [0.05, 0.1) is 13.7 Å². The van der Waals surface area contributed by atoms with Crippen molar-refractivity contribution in [1.29, 1.82) is 0 Å². The average molecular weight is 247 g/mol. The first-order valence-corrected chi connectivity index (χ1v) is 6.01. The van der Waals surface area contributed by atoms with E-state index in [0.29, 0.717) is 0 Å². The molecule has 88 valence electrons. The minimum atomic E-state index is 0.0283. The summed E-state index contributed by atoms with van der Waals surface area (Å²) in [4.78, 5) is 5.37. The van der Waals surface area contributed by atoms with Gasteiger partial charge < -0.3 is 9.84 Å². The fourth-order valence-corrected chi connectivity index (χ4v) is 2.08. The molecule has 0 amide bonds. The summed E-state index contributed by atoms with van der Waals surface area (Å²) in [5.41, 5.74) is 0.823. The van der Waals surface area contributed by atoms with E-state index >= 15 is 0 Å². The SMILES string of the molecule is COc1ccc(Sc2ccc(CO)cn2)cc1. The lowest BCUT2D eigenvalue weighted by atomic mass is 10.3. The molecule has 0 bridgehead atoms. The molecule has 0 fully saturated rings. The lowest BCUT2D eigenvalue weighted by Crippen LogP contribution is -1.86. The molecular formula is C13H13NO2S. The molecule has 0 radical (unpaired) electrons. The third-order valence-electron chi connectivity index (χ3n) is 2.26. The van der Waals surface area contributed by atoms with Gasteiger partial charge in [0.2, 0.25) is 0 Å². The Morgan fingerprint density at radius 2 is 1.94 bits per heavy atom. The highest BCUT2D eigenvalue weighted by Gasteiger charge is 1.99. The zero-order valence-electron chi connectivity index (χ0n) is 9.46. The standard InChI is InChI=1S/C13H13NO2S/c1-16-11-3-5-12(6-4-11)17-13-7-2-10(9-15)8-14-13/h2-8,15H,9H2,1H3. The lowest BCUT2D eigenvalue weighted by molar-refractivity contribution is 0.281. The molecule has 0 saturated carbocycles. The van der Waals surface area contributed by atoms with Gasteiger partial charge in [-0.3, -0.25) is 0 Å². The second-order valence-corrected chi connectivity index (χ2v) is 4.53. The van der Waals surface area contributed by atoms with Gasteiger partial charge in [-0.25, -0.2) is 4.98 Å². The number of hydrogen-bond acceptors (Lipinski definition) is 4. The summed E-state index contributed by atoms with van der Waals surface area (Å²) in [6.07, 6.45) is 1.69. The predicted octanol–water partition coefficient (Wildman–Crippen LogP) is 2.73. The Balaban J connectivity index is 2.08. The quantitative estimate of drug-likeness (QED) is 0.902. The monoisotopic (exact) mass is 247 g/mol. The van der Waals surface area contributed by atoms with E-state index < -0.39 is 0 Å². The van der Waals surface area contributed by atoms with Gasteiger partial charge >= 0.3 is 0 Å². The molecule has 0 spiro atoms. The molecule has 0 saturated heterocycles. The number of nitrogens with zero attached hydrogens (tertiary/aromatic N) is 1. The van der Waals surface area contributed by atoms with Crippen molar-refractivity contribution in [2.24, 2.45) is 0 Å². The molecule has 2 rings (SSSR count). The second kappa shape index (κ2) is 5.70. The summed E-state index contributed by atoms with van der Waals surface area (Å²) in [6, 6.07) is 11.6. The van der Waals surface area contributed by atoms with Crippen LogP contribution in [-0.4, -0.2) is 17.2 Å². The van der Waals surface area contributed by atoms with E-state index in [1.54, 1.807) is 25.1 Å². The maximum Gasteiger partial charge on any atom is 0.118 e. The van der Waals surface area contributed by atoms with Gasteiger partial charge in [-0.15, -0.1) is 0 Å². The van der Waals surface area contributed by atoms with E-state index in [0.717, 1.165) is 21.2 Å². The van der Waals surface area contributed by atoms with E-state index in [4.69, 9.17) is 9.84 Å². The van der Waals surface area contributed by atoms with Crippen LogP contribution in [0.4, 0.5) is 0 Å². The molecule has 4 heteroatoms. The van der Waals surface area contributed by atoms with Crippen LogP contribution in [0, 0.1) is 0 Å². The molecule has 1 heterocycles. The summed E-state index contributed by atoms with van der Waals surface area (Å²) >= 11 is 1.58. The average Bonchev–Trinajstić information content (AvgIpc) is 2.40. The van der Waals surface area contributed by atoms with Gasteiger partial charge in [0, 0.05) is 11.1 Å². The predicted molar refractivity (Wildman–Crippen MR) is 67.3 cm³/mol. The summed E-state index contributed by atoms with van der Waals surface area (Å²) in [5, 5.41) is 9.82. The van der Waals surface area contributed by atoms with Crippen LogP contribution in [0.3, 0.4) is 0 Å². The van der Waals surface area contributed by atoms with Crippen LogP contribution in [0.25, 0.3) is 0 Å². The van der Waals surface area contributed by atoms with Crippen LogP contribution in [0.2, 0.25) is 0 Å². The van der Waals surface area contributed by atoms with Crippen molar-refractivity contribution in [2.45, 2.75) is 16.5 Å². The van der Waals surface area contributed by atoms with Crippen molar-refractivity contribution in [3.05, 3.63) is 48.2 Å². The van der Waals surface area contributed by atoms with Crippen LogP contribution in [-0.2, 0) is 6.61 Å². The van der Waals surface area contributed by atoms with Crippen LogP contribution in [0.15, 0.2) is 52.5 Å². The Kier molecular flexibility index (Phi) is 4.01. The topological polar surface area (TPSA) is 42.4 Å². The first-order chi connectivity index (χ1) is 8.31. The largest absolute Gasteiger partial charge is 0.497 e. The molecule has 0 aliphatic carbocycles. The summed E-state index contributed by atoms with van der Waals surface area (Å²) < 4.78 is 5.10. The summed E-state index contributed by atoms with van der Waals surface area (Å²) in [7, 11) is 1.65. The van der Waals surface area contributed by atoms with E-state index in [9.17, 15) is 0 Å². The van der Waals surface area contributed by atoms with Crippen LogP contribution in [0.5, 0.6) is 5.75 Å². The number of pyridine rings is 1. The van der Waals surface area contributed by atoms with E-state index in [1.807, 2.05) is 36.4 Å². The number of benzene rings is 1. The van der Waals surface area contributed by atoms with Crippen molar-refractivity contribution >= 4 is 11.8 Å². The Morgan fingerprint density at radius 1 is 1.18 bits per heavy atom. The molecular weight excluding hydrogens is 234 g/mol. The first kappa shape index (κ1) is 12.0. The number of aromatic nitrogens is 1. The van der Waals surface area contributed by atoms with Crippen LogP contribution in [0.1, 0.15) is 5.56 Å². The van der Waals surface area contributed by atoms with E-state index in [-0.39, 0.29) is 6.61 Å². The summed E-state index contributed by atoms with van der Waals surface area (Å²) in [6.45, 7) is 0.0283. The Hall–Kier alpha value is -1.52. The van der Waals surface area contributed by atoms with E-state index in [1.165, 1.54) is 0 Å². The van der Waals surface area contributed by atoms with Crippen molar-refractivity contribution in [2.75, 3.05) is 7.11 Å². The van der Waals surface area contributed by atoms with Gasteiger partial charge in [0.25, 0.3) is 0 Å². The number of aliphatic hydroxyl groups is 1. The molecule has 1 aromatic heterocycles. The van der Waals surface area contributed by atoms with E-state index in [2.05, 4.69) is 4.98 Å². The second-order valence-electron chi connectivity index (χ2n) is 3.44. The minimum Gasteiger partial charge on any atom is -0.497 e. The van der Waals surface area contributed by atoms with Gasteiger partial charge in [-0.2, -0.15) is 0 Å². The molecule has 1 N–H and O–H groups in total. The maximum atomic E-state index is 8.92. The lowest BCUT2D eigenvalue weighted by Gasteiger charge is -2.03. The van der Waals surface area contributed by atoms with Gasteiger partial charge in [0.1, 0.15) is 10.8 Å². The van der Waals surface area contributed by atoms with Gasteiger partial charge in [-0.05, 0) is 35.9 Å². The normalized spacial score (nSPS) is 10.2. The molecule has 1 aromatic carbocycles. The minimum absolute atomic E-state index is 0.0283. The van der Waals surface area contributed by atoms with Crippen molar-refractivity contribution in [3.63, 3.8) is 0 Å². The fraction of sp³-hybridized carbons (Fsp3) is 0.154. The number of ether oxygens (including phenoxy) is 1. The number of rotatable bonds is 4. The zero-order valence-corrected chi connectivity index (χ0v) is 10.3. The third-order valence-corrected chi connectivity index (χ3v) is 3.22. The molecule has 3 nitrogen and oxygen atoms in total. The van der Waals surface area contributed by atoms with Crippen molar-refractivity contribution < 1.29 is 9.84 Å². The van der Waals surface area contributed by atoms with Gasteiger partial charge in [-0.1, -0.05) is 17.8 Å². The smallest absolute Gasteiger partial charge is 0.118 e. The Labute approximate surface area is 104 Å². The van der Waals surface area contributed by atoms with Crippen molar-refractivity contribution in [1.82, 2.24) is 4.98 Å². The maximum absolute atomic E-state index is 8.92. The molecule has 0 aliphatic heterocycles. The molecule has 0 atom stereocenters. The first-order valence-electron chi connectivity index (χ1n) is 5.19. The highest BCUT2D eigenvalue weighted by molar-refractivity contribution is 7.99. The van der Waals surface area contributed by atoms with Gasteiger partial charge in [0.15, 0.2) is 0 Å². The molecule has 2 aromatic rings. The number of hydrogen-bond donors (Lipinski definition) is 1. The number of aliphatic hydroxyl groups excluding tert-OH is 1. The third kappa shape index (κ3) is 3.22. The zero-order chi connectivity index (χ0) is 12.1. The van der Waals surface area contributed by atoms with Crippen LogP contribution < -0.4 is 4.74 Å².